The van der Waals surface area contributed by atoms with Gasteiger partial charge < -0.3 is 0 Å². The highest BCUT2D eigenvalue weighted by atomic mass is 79.9. The van der Waals surface area contributed by atoms with E-state index in [4.69, 9.17) is 0 Å². The van der Waals surface area contributed by atoms with Crippen molar-refractivity contribution in [1.82, 2.24) is 0 Å². The van der Waals surface area contributed by atoms with Crippen molar-refractivity contribution in [3.63, 3.8) is 0 Å². The SMILES string of the molecule is CC(C)CSCC(=O)c1cc(Br)sc1Br. The minimum Gasteiger partial charge on any atom is -0.293 e. The summed E-state index contributed by atoms with van der Waals surface area (Å²) in [5, 5.41) is 0. The molecule has 1 aromatic rings. The zero-order valence-electron chi connectivity index (χ0n) is 8.55. The van der Waals surface area contributed by atoms with Crippen LogP contribution in [0.1, 0.15) is 24.2 Å². The van der Waals surface area contributed by atoms with Gasteiger partial charge in [-0.15, -0.1) is 11.3 Å². The lowest BCUT2D eigenvalue weighted by atomic mass is 10.2. The van der Waals surface area contributed by atoms with Gasteiger partial charge in [-0.05, 0) is 49.6 Å². The van der Waals surface area contributed by atoms with E-state index in [9.17, 15) is 4.79 Å². The van der Waals surface area contributed by atoms with Crippen molar-refractivity contribution < 1.29 is 4.79 Å². The van der Waals surface area contributed by atoms with Crippen LogP contribution in [-0.4, -0.2) is 17.3 Å². The Morgan fingerprint density at radius 2 is 2.20 bits per heavy atom. The minimum atomic E-state index is 0.203. The van der Waals surface area contributed by atoms with Crippen LogP contribution in [-0.2, 0) is 0 Å². The molecule has 1 heterocycles. The number of rotatable bonds is 5. The highest BCUT2D eigenvalue weighted by Gasteiger charge is 2.13. The quantitative estimate of drug-likeness (QED) is 0.688. The summed E-state index contributed by atoms with van der Waals surface area (Å²) in [5.74, 6) is 2.45. The molecule has 15 heavy (non-hydrogen) atoms. The summed E-state index contributed by atoms with van der Waals surface area (Å²) < 4.78 is 1.91. The van der Waals surface area contributed by atoms with Gasteiger partial charge in [-0.1, -0.05) is 13.8 Å². The molecule has 0 aliphatic rings. The van der Waals surface area contributed by atoms with Crippen molar-refractivity contribution in [2.45, 2.75) is 13.8 Å². The summed E-state index contributed by atoms with van der Waals surface area (Å²) in [6, 6.07) is 1.88. The standard InChI is InChI=1S/C10H12Br2OS2/c1-6(2)4-14-5-8(13)7-3-9(11)15-10(7)12/h3,6H,4-5H2,1-2H3. The zero-order chi connectivity index (χ0) is 11.4. The van der Waals surface area contributed by atoms with Crippen molar-refractivity contribution in [3.8, 4) is 0 Å². The molecule has 0 aliphatic carbocycles. The molecular formula is C10H12Br2OS2. The Kier molecular flexibility index (Phi) is 5.89. The molecule has 1 aromatic heterocycles. The highest BCUT2D eigenvalue weighted by molar-refractivity contribution is 9.12. The Morgan fingerprint density at radius 3 is 2.67 bits per heavy atom. The number of hydrogen-bond donors (Lipinski definition) is 0. The molecule has 0 spiro atoms. The minimum absolute atomic E-state index is 0.203. The molecule has 0 aromatic carbocycles. The smallest absolute Gasteiger partial charge is 0.174 e. The van der Waals surface area contributed by atoms with Gasteiger partial charge in [0.15, 0.2) is 5.78 Å². The molecule has 5 heteroatoms. The van der Waals surface area contributed by atoms with Gasteiger partial charge in [-0.3, -0.25) is 4.79 Å². The molecule has 0 saturated heterocycles. The second kappa shape index (κ2) is 6.42. The summed E-state index contributed by atoms with van der Waals surface area (Å²) in [7, 11) is 0. The molecule has 0 atom stereocenters. The largest absolute Gasteiger partial charge is 0.293 e. The third kappa shape index (κ3) is 4.59. The fourth-order valence-corrected chi connectivity index (χ4v) is 4.78. The molecule has 1 nitrogen and oxygen atoms in total. The second-order valence-electron chi connectivity index (χ2n) is 3.57. The molecule has 0 N–H and O–H groups in total. The van der Waals surface area contributed by atoms with Gasteiger partial charge >= 0.3 is 0 Å². The summed E-state index contributed by atoms with van der Waals surface area (Å²) in [5.41, 5.74) is 0.795. The van der Waals surface area contributed by atoms with E-state index in [1.165, 1.54) is 0 Å². The van der Waals surface area contributed by atoms with Crippen molar-refractivity contribution >= 4 is 60.7 Å². The molecule has 84 valence electrons. The molecular weight excluding hydrogens is 360 g/mol. The molecule has 0 unspecified atom stereocenters. The molecule has 0 fully saturated rings. The first-order chi connectivity index (χ1) is 7.00. The summed E-state index contributed by atoms with van der Waals surface area (Å²) in [4.78, 5) is 11.8. The third-order valence-electron chi connectivity index (χ3n) is 1.64. The van der Waals surface area contributed by atoms with Gasteiger partial charge in [-0.25, -0.2) is 0 Å². The predicted octanol–water partition coefficient (Wildman–Crippen LogP) is 4.85. The highest BCUT2D eigenvalue weighted by Crippen LogP contribution is 2.32. The lowest BCUT2D eigenvalue weighted by molar-refractivity contribution is 0.102. The van der Waals surface area contributed by atoms with E-state index in [0.717, 1.165) is 18.9 Å². The van der Waals surface area contributed by atoms with Gasteiger partial charge in [0.2, 0.25) is 0 Å². The summed E-state index contributed by atoms with van der Waals surface area (Å²) >= 11 is 10.0. The van der Waals surface area contributed by atoms with Gasteiger partial charge in [0, 0.05) is 5.56 Å². The summed E-state index contributed by atoms with van der Waals surface area (Å²) in [6.07, 6.45) is 0. The average Bonchev–Trinajstić information content (AvgIpc) is 2.44. The molecule has 0 bridgehead atoms. The zero-order valence-corrected chi connectivity index (χ0v) is 13.4. The van der Waals surface area contributed by atoms with Crippen molar-refractivity contribution in [3.05, 3.63) is 19.2 Å². The molecule has 1 rings (SSSR count). The van der Waals surface area contributed by atoms with Crippen molar-refractivity contribution in [2.24, 2.45) is 5.92 Å². The van der Waals surface area contributed by atoms with E-state index >= 15 is 0 Å². The number of carbonyl (C=O) groups is 1. The lowest BCUT2D eigenvalue weighted by Crippen LogP contribution is -2.03. The summed E-state index contributed by atoms with van der Waals surface area (Å²) in [6.45, 7) is 4.32. The number of carbonyl (C=O) groups excluding carboxylic acids is 1. The molecule has 0 aliphatic heterocycles. The maximum Gasteiger partial charge on any atom is 0.174 e. The number of thioether (sulfide) groups is 1. The lowest BCUT2D eigenvalue weighted by Gasteiger charge is -2.03. The van der Waals surface area contributed by atoms with E-state index < -0.39 is 0 Å². The van der Waals surface area contributed by atoms with Crippen LogP contribution in [0.15, 0.2) is 13.6 Å². The Balaban J connectivity index is 2.50. The predicted molar refractivity (Wildman–Crippen MR) is 76.2 cm³/mol. The number of halogens is 2. The number of hydrogen-bond acceptors (Lipinski definition) is 3. The van der Waals surface area contributed by atoms with Crippen LogP contribution in [0.2, 0.25) is 0 Å². The molecule has 0 saturated carbocycles. The van der Waals surface area contributed by atoms with Crippen LogP contribution in [0.25, 0.3) is 0 Å². The second-order valence-corrected chi connectivity index (χ2v) is 8.35. The van der Waals surface area contributed by atoms with Crippen molar-refractivity contribution in [1.29, 1.82) is 0 Å². The monoisotopic (exact) mass is 370 g/mol. The maximum absolute atomic E-state index is 11.8. The fraction of sp³-hybridized carbons (Fsp3) is 0.500. The number of thiophene rings is 1. The maximum atomic E-state index is 11.8. The van der Waals surface area contributed by atoms with Crippen LogP contribution < -0.4 is 0 Å². The van der Waals surface area contributed by atoms with Crippen LogP contribution in [0.5, 0.6) is 0 Å². The van der Waals surface area contributed by atoms with E-state index in [-0.39, 0.29) is 5.78 Å². The Morgan fingerprint density at radius 1 is 1.53 bits per heavy atom. The van der Waals surface area contributed by atoms with E-state index in [1.54, 1.807) is 23.1 Å². The van der Waals surface area contributed by atoms with Crippen LogP contribution in [0, 0.1) is 5.92 Å². The van der Waals surface area contributed by atoms with E-state index in [2.05, 4.69) is 45.7 Å². The first-order valence-electron chi connectivity index (χ1n) is 4.56. The Hall–Kier alpha value is 0.680. The first-order valence-corrected chi connectivity index (χ1v) is 8.12. The normalized spacial score (nSPS) is 11.0. The molecule has 0 radical (unpaired) electrons. The van der Waals surface area contributed by atoms with Crippen LogP contribution in [0.3, 0.4) is 0 Å². The van der Waals surface area contributed by atoms with Gasteiger partial charge in [0.1, 0.15) is 0 Å². The van der Waals surface area contributed by atoms with Gasteiger partial charge in [-0.2, -0.15) is 11.8 Å². The van der Waals surface area contributed by atoms with Crippen LogP contribution >= 0.6 is 55.0 Å². The number of ketones is 1. The van der Waals surface area contributed by atoms with Crippen LogP contribution in [0.4, 0.5) is 0 Å². The third-order valence-corrected chi connectivity index (χ3v) is 5.35. The van der Waals surface area contributed by atoms with E-state index in [0.29, 0.717) is 11.7 Å². The Bertz CT molecular complexity index is 347. The van der Waals surface area contributed by atoms with Gasteiger partial charge in [0.25, 0.3) is 0 Å². The average molecular weight is 372 g/mol. The topological polar surface area (TPSA) is 17.1 Å². The fourth-order valence-electron chi connectivity index (χ4n) is 0.995. The first kappa shape index (κ1) is 13.7. The Labute approximate surface area is 115 Å². The number of Topliss-reactive ketones (excluding diaryl/α,β-unsaturated/α-hetero) is 1. The van der Waals surface area contributed by atoms with Crippen molar-refractivity contribution in [2.75, 3.05) is 11.5 Å². The molecule has 0 amide bonds. The van der Waals surface area contributed by atoms with Gasteiger partial charge in [0.05, 0.1) is 13.3 Å². The van der Waals surface area contributed by atoms with E-state index in [1.807, 2.05) is 6.07 Å².